The van der Waals surface area contributed by atoms with Gasteiger partial charge in [-0.25, -0.2) is 0 Å². The van der Waals surface area contributed by atoms with Crippen LogP contribution in [0.25, 0.3) is 0 Å². The zero-order valence-corrected chi connectivity index (χ0v) is 11.7. The van der Waals surface area contributed by atoms with Crippen LogP contribution in [-0.2, 0) is 6.54 Å². The second-order valence-corrected chi connectivity index (χ2v) is 6.00. The second kappa shape index (κ2) is 6.17. The Kier molecular flexibility index (Phi) is 4.78. The van der Waals surface area contributed by atoms with Crippen molar-refractivity contribution in [3.05, 3.63) is 10.0 Å². The van der Waals surface area contributed by atoms with E-state index in [-0.39, 0.29) is 18.8 Å². The molecule has 1 fully saturated rings. The molecule has 1 aliphatic carbocycles. The van der Waals surface area contributed by atoms with Crippen molar-refractivity contribution in [2.45, 2.75) is 51.2 Å². The first-order valence-corrected chi connectivity index (χ1v) is 7.42. The first kappa shape index (κ1) is 14.7. The molecule has 0 aromatic carbocycles. The minimum atomic E-state index is -4.04. The molecule has 0 aliphatic heterocycles. The van der Waals surface area contributed by atoms with Gasteiger partial charge >= 0.3 is 6.18 Å². The number of halogens is 3. The van der Waals surface area contributed by atoms with E-state index in [1.807, 2.05) is 6.92 Å². The van der Waals surface area contributed by atoms with Gasteiger partial charge in [-0.15, -0.1) is 10.2 Å². The van der Waals surface area contributed by atoms with Crippen LogP contribution < -0.4 is 5.32 Å². The van der Waals surface area contributed by atoms with Crippen LogP contribution in [0.2, 0.25) is 0 Å². The quantitative estimate of drug-likeness (QED) is 0.923. The molecule has 3 nitrogen and oxygen atoms in total. The summed E-state index contributed by atoms with van der Waals surface area (Å²) in [4.78, 5) is 0. The van der Waals surface area contributed by atoms with Crippen molar-refractivity contribution in [2.75, 3.05) is 6.54 Å². The summed E-state index contributed by atoms with van der Waals surface area (Å²) in [7, 11) is 0. The van der Waals surface area contributed by atoms with Crippen molar-refractivity contribution in [1.82, 2.24) is 15.5 Å². The molecule has 1 aromatic rings. The van der Waals surface area contributed by atoms with Crippen LogP contribution in [0.3, 0.4) is 0 Å². The lowest BCUT2D eigenvalue weighted by Crippen LogP contribution is -2.27. The number of hydrogen-bond donors (Lipinski definition) is 1. The third-order valence-electron chi connectivity index (χ3n) is 3.55. The molecule has 0 unspecified atom stereocenters. The number of aromatic nitrogens is 2. The predicted molar refractivity (Wildman–Crippen MR) is 68.0 cm³/mol. The lowest BCUT2D eigenvalue weighted by Gasteiger charge is -2.28. The van der Waals surface area contributed by atoms with Gasteiger partial charge in [0.1, 0.15) is 10.0 Å². The van der Waals surface area contributed by atoms with Gasteiger partial charge in [0.05, 0.1) is 5.92 Å². The zero-order chi connectivity index (χ0) is 13.9. The molecule has 0 spiro atoms. The van der Waals surface area contributed by atoms with Crippen molar-refractivity contribution < 1.29 is 13.2 Å². The molecule has 0 atom stereocenters. The lowest BCUT2D eigenvalue weighted by molar-refractivity contribution is -0.182. The number of nitrogens with zero attached hydrogens (tertiary/aromatic N) is 2. The molecule has 0 bridgehead atoms. The van der Waals surface area contributed by atoms with Gasteiger partial charge in [-0.1, -0.05) is 18.3 Å². The molecule has 108 valence electrons. The Hall–Kier alpha value is -0.690. The normalized spacial score (nSPS) is 24.6. The van der Waals surface area contributed by atoms with Crippen molar-refractivity contribution in [1.29, 1.82) is 0 Å². The van der Waals surface area contributed by atoms with Crippen LogP contribution in [0, 0.1) is 5.92 Å². The fourth-order valence-electron chi connectivity index (χ4n) is 2.40. The van der Waals surface area contributed by atoms with Gasteiger partial charge in [0.15, 0.2) is 0 Å². The number of hydrogen-bond acceptors (Lipinski definition) is 4. The first-order valence-electron chi connectivity index (χ1n) is 6.60. The maximum Gasteiger partial charge on any atom is 0.391 e. The average molecular weight is 293 g/mol. The fourth-order valence-corrected chi connectivity index (χ4v) is 3.38. The molecule has 0 saturated heterocycles. The molecule has 1 saturated carbocycles. The smallest absolute Gasteiger partial charge is 0.311 e. The fraction of sp³-hybridized carbons (Fsp3) is 0.833. The zero-order valence-electron chi connectivity index (χ0n) is 10.8. The van der Waals surface area contributed by atoms with Gasteiger partial charge in [0.25, 0.3) is 0 Å². The highest BCUT2D eigenvalue weighted by Crippen LogP contribution is 2.43. The van der Waals surface area contributed by atoms with E-state index >= 15 is 0 Å². The largest absolute Gasteiger partial charge is 0.391 e. The Morgan fingerprint density at radius 3 is 2.47 bits per heavy atom. The molecule has 1 aliphatic rings. The third-order valence-corrected chi connectivity index (χ3v) is 4.63. The highest BCUT2D eigenvalue weighted by atomic mass is 32.1. The molecule has 7 heteroatoms. The summed E-state index contributed by atoms with van der Waals surface area (Å²) in [5.41, 5.74) is 0. The van der Waals surface area contributed by atoms with Crippen molar-refractivity contribution in [2.24, 2.45) is 5.92 Å². The number of rotatable bonds is 4. The van der Waals surface area contributed by atoms with Gasteiger partial charge in [0.2, 0.25) is 0 Å². The van der Waals surface area contributed by atoms with Gasteiger partial charge in [-0.05, 0) is 32.2 Å². The predicted octanol–water partition coefficient (Wildman–Crippen LogP) is 3.48. The van der Waals surface area contributed by atoms with E-state index in [4.69, 9.17) is 0 Å². The summed E-state index contributed by atoms with van der Waals surface area (Å²) in [5, 5.41) is 13.2. The van der Waals surface area contributed by atoms with E-state index in [0.717, 1.165) is 16.6 Å². The molecule has 1 heterocycles. The maximum absolute atomic E-state index is 12.6. The summed E-state index contributed by atoms with van der Waals surface area (Å²) >= 11 is 1.52. The molecule has 0 radical (unpaired) electrons. The summed E-state index contributed by atoms with van der Waals surface area (Å²) in [6.07, 6.45) is -2.46. The third kappa shape index (κ3) is 3.89. The van der Waals surface area contributed by atoms with Crippen molar-refractivity contribution in [3.63, 3.8) is 0 Å². The monoisotopic (exact) mass is 293 g/mol. The van der Waals surface area contributed by atoms with Crippen LogP contribution >= 0.6 is 11.3 Å². The summed E-state index contributed by atoms with van der Waals surface area (Å²) in [6, 6.07) is 0. The second-order valence-electron chi connectivity index (χ2n) is 4.90. The molecule has 1 aromatic heterocycles. The van der Waals surface area contributed by atoms with Crippen LogP contribution in [0.1, 0.15) is 48.5 Å². The van der Waals surface area contributed by atoms with Crippen molar-refractivity contribution in [3.8, 4) is 0 Å². The lowest BCUT2D eigenvalue weighted by atomic mass is 9.82. The van der Waals surface area contributed by atoms with Crippen LogP contribution in [0.5, 0.6) is 0 Å². The Morgan fingerprint density at radius 1 is 1.21 bits per heavy atom. The molecule has 2 rings (SSSR count). The molecule has 19 heavy (non-hydrogen) atoms. The number of alkyl halides is 3. The highest BCUT2D eigenvalue weighted by molar-refractivity contribution is 7.11. The Bertz CT molecular complexity index is 397. The van der Waals surface area contributed by atoms with Crippen LogP contribution in [0.15, 0.2) is 0 Å². The maximum atomic E-state index is 12.6. The minimum absolute atomic E-state index is 0.159. The van der Waals surface area contributed by atoms with Crippen LogP contribution in [-0.4, -0.2) is 22.9 Å². The van der Waals surface area contributed by atoms with E-state index in [9.17, 15) is 13.2 Å². The van der Waals surface area contributed by atoms with Crippen molar-refractivity contribution >= 4 is 11.3 Å². The topological polar surface area (TPSA) is 37.8 Å². The van der Waals surface area contributed by atoms with E-state index in [1.54, 1.807) is 0 Å². The molecule has 0 amide bonds. The van der Waals surface area contributed by atoms with E-state index in [1.165, 1.54) is 11.3 Å². The van der Waals surface area contributed by atoms with Gasteiger partial charge in [0, 0.05) is 12.5 Å². The van der Waals surface area contributed by atoms with E-state index < -0.39 is 12.1 Å². The van der Waals surface area contributed by atoms with Crippen LogP contribution in [0.4, 0.5) is 13.2 Å². The van der Waals surface area contributed by atoms with Gasteiger partial charge < -0.3 is 5.32 Å². The Morgan fingerprint density at radius 2 is 1.89 bits per heavy atom. The molecular weight excluding hydrogens is 275 g/mol. The van der Waals surface area contributed by atoms with Gasteiger partial charge in [-0.3, -0.25) is 0 Å². The Balaban J connectivity index is 1.89. The summed E-state index contributed by atoms with van der Waals surface area (Å²) < 4.78 is 37.7. The Labute approximate surface area is 114 Å². The molecule has 1 N–H and O–H groups in total. The standard InChI is InChI=1S/C12H18F3N3S/c1-2-16-7-10-17-18-11(19-10)8-3-5-9(6-4-8)12(13,14)15/h8-9,16H,2-7H2,1H3. The molecular formula is C12H18F3N3S. The first-order chi connectivity index (χ1) is 9.00. The van der Waals surface area contributed by atoms with E-state index in [2.05, 4.69) is 15.5 Å². The SMILES string of the molecule is CCNCc1nnc(C2CCC(C(F)(F)F)CC2)s1. The van der Waals surface area contributed by atoms with Gasteiger partial charge in [-0.2, -0.15) is 13.2 Å². The summed E-state index contributed by atoms with van der Waals surface area (Å²) in [6.45, 7) is 3.57. The summed E-state index contributed by atoms with van der Waals surface area (Å²) in [5.74, 6) is -0.968. The average Bonchev–Trinajstić information content (AvgIpc) is 2.84. The highest BCUT2D eigenvalue weighted by Gasteiger charge is 2.42. The van der Waals surface area contributed by atoms with E-state index in [0.29, 0.717) is 19.4 Å². The number of nitrogens with one attached hydrogen (secondary N) is 1. The minimum Gasteiger partial charge on any atom is -0.311 e.